The number of aliphatic imine (C=N–C) groups is 2. The smallest absolute Gasteiger partial charge is 0.379 e. The number of likely N-dealkylation sites (tertiary alicyclic amines) is 1. The molecule has 3 N–H and O–H groups in total. The highest BCUT2D eigenvalue weighted by Gasteiger charge is 2.49. The predicted molar refractivity (Wildman–Crippen MR) is 152 cm³/mol. The first kappa shape index (κ1) is 28.9. The highest BCUT2D eigenvalue weighted by atomic mass is 19.4. The number of anilines is 1. The molecule has 4 aliphatic rings. The first-order valence-corrected chi connectivity index (χ1v) is 14.0. The zero-order chi connectivity index (χ0) is 30.6. The Hall–Kier alpha value is -4.20. The maximum absolute atomic E-state index is 13.4. The van der Waals surface area contributed by atoms with Gasteiger partial charge >= 0.3 is 6.18 Å². The number of aromatic nitrogens is 1. The molecule has 6 rings (SSSR count). The maximum Gasteiger partial charge on any atom is 0.416 e. The number of alkyl halides is 3. The van der Waals surface area contributed by atoms with Gasteiger partial charge in [-0.1, -0.05) is 0 Å². The van der Waals surface area contributed by atoms with E-state index in [9.17, 15) is 22.8 Å². The lowest BCUT2D eigenvalue weighted by Gasteiger charge is -2.45. The Labute approximate surface area is 246 Å². The largest absolute Gasteiger partial charge is 0.416 e. The molecule has 2 amide bonds. The number of pyridine rings is 1. The minimum atomic E-state index is -4.56. The van der Waals surface area contributed by atoms with Crippen molar-refractivity contribution in [3.05, 3.63) is 83.1 Å². The summed E-state index contributed by atoms with van der Waals surface area (Å²) in [6.45, 7) is 5.34. The molecule has 1 unspecified atom stereocenters. The molecule has 0 spiro atoms. The van der Waals surface area contributed by atoms with E-state index < -0.39 is 23.1 Å². The number of benzene rings is 1. The summed E-state index contributed by atoms with van der Waals surface area (Å²) in [6, 6.07) is 8.20. The van der Waals surface area contributed by atoms with Crippen molar-refractivity contribution >= 4 is 29.7 Å². The van der Waals surface area contributed by atoms with E-state index in [1.165, 1.54) is 0 Å². The molecule has 0 radical (unpaired) electrons. The van der Waals surface area contributed by atoms with E-state index in [-0.39, 0.29) is 33.8 Å². The second-order valence-corrected chi connectivity index (χ2v) is 11.7. The summed E-state index contributed by atoms with van der Waals surface area (Å²) in [6.07, 6.45) is 3.10. The summed E-state index contributed by atoms with van der Waals surface area (Å²) in [4.78, 5) is 41.3. The summed E-state index contributed by atoms with van der Waals surface area (Å²) >= 11 is 0. The fourth-order valence-electron chi connectivity index (χ4n) is 5.83. The number of nitrogens with zero attached hydrogens (tertiary/aromatic N) is 5. The fraction of sp³-hybridized carbons (Fsp3) is 0.367. The molecule has 1 aromatic carbocycles. The Bertz CT molecular complexity index is 1590. The van der Waals surface area contributed by atoms with Gasteiger partial charge in [-0.2, -0.15) is 24.0 Å². The molecule has 0 saturated carbocycles. The van der Waals surface area contributed by atoms with Crippen molar-refractivity contribution in [2.75, 3.05) is 25.1 Å². The quantitative estimate of drug-likeness (QED) is 0.396. The van der Waals surface area contributed by atoms with Crippen LogP contribution >= 0.6 is 0 Å². The van der Waals surface area contributed by atoms with Crippen LogP contribution in [0, 0.1) is 11.3 Å². The molecule has 2 fully saturated rings. The van der Waals surface area contributed by atoms with Gasteiger partial charge in [0, 0.05) is 30.3 Å². The van der Waals surface area contributed by atoms with Crippen LogP contribution in [0.5, 0.6) is 0 Å². The van der Waals surface area contributed by atoms with Crippen LogP contribution in [-0.2, 0) is 15.7 Å². The number of hydrogen-bond donors (Lipinski definition) is 2. The molecule has 13 heteroatoms. The standard InChI is InChI=1S/C30H30F3N7O3/c1-18-3-4-21(15-39(18)28(42)29(2)16-43-17-29)25-23-14-35-11-12-40(23,34)26(38-25)19-5-7-20(8-6-19)27(41)37-24-13-22(9-10-36-24)30(31,32)33/h5-14,18,21H,3-4,15-17,34H2,1-2H3/p+1/t18-,21+,40?/m0/s1. The normalized spacial score (nSPS) is 26.1. The second-order valence-electron chi connectivity index (χ2n) is 11.7. The minimum absolute atomic E-state index is 0.0544. The van der Waals surface area contributed by atoms with Crippen molar-refractivity contribution in [3.63, 3.8) is 0 Å². The Morgan fingerprint density at radius 2 is 1.91 bits per heavy atom. The van der Waals surface area contributed by atoms with Crippen molar-refractivity contribution in [1.82, 2.24) is 9.88 Å². The zero-order valence-electron chi connectivity index (χ0n) is 23.6. The number of carbonyl (C=O) groups excluding carboxylic acids is 2. The van der Waals surface area contributed by atoms with Gasteiger partial charge in [0.05, 0.1) is 42.2 Å². The summed E-state index contributed by atoms with van der Waals surface area (Å²) in [5.74, 6) is 6.64. The average Bonchev–Trinajstić information content (AvgIpc) is 3.28. The average molecular weight is 595 g/mol. The number of amidine groups is 1. The van der Waals surface area contributed by atoms with Gasteiger partial charge in [0.1, 0.15) is 17.7 Å². The number of nitrogens with two attached hydrogens (primary N) is 1. The first-order valence-electron chi connectivity index (χ1n) is 14.0. The number of piperidine rings is 1. The Morgan fingerprint density at radius 1 is 1.16 bits per heavy atom. The number of allylic oxidation sites excluding steroid dienone is 1. The number of halogens is 3. The summed E-state index contributed by atoms with van der Waals surface area (Å²) in [5.41, 5.74) is 0.931. The molecule has 2 saturated heterocycles. The molecule has 43 heavy (non-hydrogen) atoms. The molecule has 1 aromatic heterocycles. The molecule has 5 heterocycles. The van der Waals surface area contributed by atoms with E-state index in [2.05, 4.69) is 22.2 Å². The van der Waals surface area contributed by atoms with Gasteiger partial charge in [0.25, 0.3) is 11.7 Å². The van der Waals surface area contributed by atoms with Crippen molar-refractivity contribution in [1.29, 1.82) is 0 Å². The molecular formula is C30H31F3N7O3+. The van der Waals surface area contributed by atoms with E-state index >= 15 is 0 Å². The monoisotopic (exact) mass is 594 g/mol. The predicted octanol–water partition coefficient (Wildman–Crippen LogP) is 4.23. The van der Waals surface area contributed by atoms with Crippen LogP contribution in [0.25, 0.3) is 0 Å². The van der Waals surface area contributed by atoms with Crippen molar-refractivity contribution < 1.29 is 32.1 Å². The van der Waals surface area contributed by atoms with Crippen molar-refractivity contribution in [3.8, 4) is 0 Å². The number of hydrogen-bond acceptors (Lipinski definition) is 7. The summed E-state index contributed by atoms with van der Waals surface area (Å²) in [5, 5.41) is 2.41. The van der Waals surface area contributed by atoms with Crippen LogP contribution in [0.4, 0.5) is 19.0 Å². The lowest BCUT2D eigenvalue weighted by atomic mass is 9.83. The van der Waals surface area contributed by atoms with E-state index in [1.807, 2.05) is 11.8 Å². The second kappa shape index (κ2) is 10.5. The molecule has 224 valence electrons. The lowest BCUT2D eigenvalue weighted by molar-refractivity contribution is -0.750. The van der Waals surface area contributed by atoms with E-state index in [0.717, 1.165) is 36.9 Å². The molecule has 4 aliphatic heterocycles. The van der Waals surface area contributed by atoms with Crippen LogP contribution < -0.4 is 11.2 Å². The van der Waals surface area contributed by atoms with Gasteiger partial charge in [0.15, 0.2) is 0 Å². The Balaban J connectivity index is 1.24. The lowest BCUT2D eigenvalue weighted by Crippen LogP contribution is -2.57. The van der Waals surface area contributed by atoms with Gasteiger partial charge in [0.2, 0.25) is 11.6 Å². The highest BCUT2D eigenvalue weighted by molar-refractivity contribution is 6.05. The van der Waals surface area contributed by atoms with Gasteiger partial charge in [-0.05, 0) is 63.1 Å². The molecule has 0 aliphatic carbocycles. The highest BCUT2D eigenvalue weighted by Crippen LogP contribution is 2.40. The fourth-order valence-corrected chi connectivity index (χ4v) is 5.83. The van der Waals surface area contributed by atoms with Crippen molar-refractivity contribution in [2.45, 2.75) is 38.9 Å². The van der Waals surface area contributed by atoms with Crippen LogP contribution in [0.15, 0.2) is 76.4 Å². The number of quaternary nitrogens is 1. The third-order valence-electron chi connectivity index (χ3n) is 8.44. The van der Waals surface area contributed by atoms with Gasteiger partial charge in [-0.15, -0.1) is 4.59 Å². The molecule has 0 bridgehead atoms. The number of fused-ring (bicyclic) bond motifs is 1. The minimum Gasteiger partial charge on any atom is -0.379 e. The van der Waals surface area contributed by atoms with E-state index in [1.54, 1.807) is 42.9 Å². The Morgan fingerprint density at radius 3 is 2.58 bits per heavy atom. The molecular weight excluding hydrogens is 563 g/mol. The third-order valence-corrected chi connectivity index (χ3v) is 8.44. The SMILES string of the molecule is C[C@H]1CC[C@@H](C2=C3C=NC=C[N+]3(N)C(c3ccc(C(=O)Nc4cc(C(F)(F)F)ccn4)cc3)=N2)CN1C(=O)C1(C)COC1. The number of amides is 2. The molecule has 10 nitrogen and oxygen atoms in total. The molecule has 2 aromatic rings. The molecule has 3 atom stereocenters. The van der Waals surface area contributed by atoms with Crippen LogP contribution in [0.2, 0.25) is 0 Å². The number of rotatable bonds is 5. The van der Waals surface area contributed by atoms with Crippen LogP contribution in [-0.4, -0.2) is 64.1 Å². The van der Waals surface area contributed by atoms with Gasteiger partial charge in [-0.25, -0.2) is 4.98 Å². The van der Waals surface area contributed by atoms with E-state index in [0.29, 0.717) is 36.9 Å². The number of carbonyl (C=O) groups is 2. The van der Waals surface area contributed by atoms with Gasteiger partial charge < -0.3 is 15.0 Å². The number of ether oxygens (including phenoxy) is 1. The zero-order valence-corrected chi connectivity index (χ0v) is 23.6. The summed E-state index contributed by atoms with van der Waals surface area (Å²) in [7, 11) is 0. The van der Waals surface area contributed by atoms with Gasteiger partial charge in [-0.3, -0.25) is 14.6 Å². The first-order chi connectivity index (χ1) is 20.4. The van der Waals surface area contributed by atoms with Crippen LogP contribution in [0.3, 0.4) is 0 Å². The van der Waals surface area contributed by atoms with E-state index in [4.69, 9.17) is 15.6 Å². The Kier molecular flexibility index (Phi) is 7.06. The third kappa shape index (κ3) is 5.17. The summed E-state index contributed by atoms with van der Waals surface area (Å²) < 4.78 is 44.3. The topological polar surface area (TPSA) is 122 Å². The maximum atomic E-state index is 13.4. The van der Waals surface area contributed by atoms with Crippen molar-refractivity contribution in [2.24, 2.45) is 27.2 Å². The number of nitrogens with one attached hydrogen (secondary N) is 1. The van der Waals surface area contributed by atoms with Crippen LogP contribution in [0.1, 0.15) is 48.2 Å².